The molecule has 0 fully saturated rings. The Hall–Kier alpha value is -3.64. The minimum Gasteiger partial charge on any atom is -0.348 e. The van der Waals surface area contributed by atoms with Gasteiger partial charge in [-0.3, -0.25) is 4.79 Å². The fraction of sp³-hybridized carbons (Fsp3) is 0.179. The van der Waals surface area contributed by atoms with Crippen molar-refractivity contribution in [1.29, 1.82) is 0 Å². The average Bonchev–Trinajstić information content (AvgIpc) is 2.85. The Kier molecular flexibility index (Phi) is 6.98. The van der Waals surface area contributed by atoms with Crippen molar-refractivity contribution >= 4 is 16.7 Å². The van der Waals surface area contributed by atoms with Gasteiger partial charge in [0, 0.05) is 18.7 Å². The van der Waals surface area contributed by atoms with E-state index >= 15 is 0 Å². The molecule has 4 aromatic carbocycles. The van der Waals surface area contributed by atoms with E-state index in [0.29, 0.717) is 17.7 Å². The zero-order chi connectivity index (χ0) is 24.1. The monoisotopic (exact) mass is 462 g/mol. The van der Waals surface area contributed by atoms with Crippen LogP contribution in [0.25, 0.3) is 21.9 Å². The third-order valence-corrected chi connectivity index (χ3v) is 5.75. The number of rotatable bonds is 7. The van der Waals surface area contributed by atoms with Gasteiger partial charge in [0.25, 0.3) is 5.91 Å². The summed E-state index contributed by atoms with van der Waals surface area (Å²) in [5, 5.41) is 8.51. The molecule has 3 nitrogen and oxygen atoms in total. The van der Waals surface area contributed by atoms with E-state index < -0.39 is 11.7 Å². The van der Waals surface area contributed by atoms with Gasteiger partial charge in [-0.1, -0.05) is 61.5 Å². The maximum Gasteiger partial charge on any atom is 0.416 e. The van der Waals surface area contributed by atoms with E-state index in [2.05, 4.69) is 41.8 Å². The van der Waals surface area contributed by atoms with Gasteiger partial charge in [-0.25, -0.2) is 0 Å². The van der Waals surface area contributed by atoms with Gasteiger partial charge in [-0.05, 0) is 69.9 Å². The smallest absolute Gasteiger partial charge is 0.348 e. The van der Waals surface area contributed by atoms with Crippen LogP contribution in [-0.2, 0) is 19.3 Å². The predicted molar refractivity (Wildman–Crippen MR) is 129 cm³/mol. The van der Waals surface area contributed by atoms with Crippen LogP contribution < -0.4 is 10.6 Å². The van der Waals surface area contributed by atoms with Crippen LogP contribution in [0.5, 0.6) is 0 Å². The van der Waals surface area contributed by atoms with Gasteiger partial charge in [-0.15, -0.1) is 0 Å². The van der Waals surface area contributed by atoms with E-state index in [1.807, 2.05) is 12.1 Å². The normalized spacial score (nSPS) is 11.5. The SMILES string of the molecule is CCNCc1ccc2c(CNC(=O)c3ccc(-c4ccc(C(F)(F)F)cc4)cc3)cccc2c1. The highest BCUT2D eigenvalue weighted by atomic mass is 19.4. The van der Waals surface area contributed by atoms with Gasteiger partial charge in [0.15, 0.2) is 0 Å². The molecular weight excluding hydrogens is 437 g/mol. The molecule has 0 radical (unpaired) electrons. The molecule has 0 heterocycles. The van der Waals surface area contributed by atoms with Crippen LogP contribution in [0.3, 0.4) is 0 Å². The van der Waals surface area contributed by atoms with Crippen LogP contribution in [0.2, 0.25) is 0 Å². The summed E-state index contributed by atoms with van der Waals surface area (Å²) in [6.07, 6.45) is -4.36. The van der Waals surface area contributed by atoms with Crippen molar-refractivity contribution in [3.8, 4) is 11.1 Å². The molecule has 0 aromatic heterocycles. The molecule has 0 saturated carbocycles. The third kappa shape index (κ3) is 5.46. The molecule has 0 aliphatic rings. The van der Waals surface area contributed by atoms with E-state index in [4.69, 9.17) is 0 Å². The number of carbonyl (C=O) groups is 1. The number of hydrogen-bond donors (Lipinski definition) is 2. The van der Waals surface area contributed by atoms with Crippen molar-refractivity contribution in [1.82, 2.24) is 10.6 Å². The van der Waals surface area contributed by atoms with Crippen molar-refractivity contribution in [2.24, 2.45) is 0 Å². The molecule has 0 saturated heterocycles. The number of amides is 1. The lowest BCUT2D eigenvalue weighted by molar-refractivity contribution is -0.137. The van der Waals surface area contributed by atoms with E-state index in [-0.39, 0.29) is 5.91 Å². The molecule has 4 aromatic rings. The Morgan fingerprint density at radius 2 is 1.50 bits per heavy atom. The van der Waals surface area contributed by atoms with Gasteiger partial charge in [0.1, 0.15) is 0 Å². The van der Waals surface area contributed by atoms with E-state index in [0.717, 1.165) is 47.1 Å². The fourth-order valence-electron chi connectivity index (χ4n) is 3.88. The largest absolute Gasteiger partial charge is 0.416 e. The summed E-state index contributed by atoms with van der Waals surface area (Å²) >= 11 is 0. The number of benzene rings is 4. The second-order valence-electron chi connectivity index (χ2n) is 8.09. The first-order valence-corrected chi connectivity index (χ1v) is 11.1. The maximum absolute atomic E-state index is 12.8. The molecule has 0 bridgehead atoms. The van der Waals surface area contributed by atoms with Crippen LogP contribution in [0, 0.1) is 0 Å². The van der Waals surface area contributed by atoms with Gasteiger partial charge in [-0.2, -0.15) is 13.2 Å². The highest BCUT2D eigenvalue weighted by Crippen LogP contribution is 2.31. The minimum absolute atomic E-state index is 0.209. The molecule has 6 heteroatoms. The summed E-state index contributed by atoms with van der Waals surface area (Å²) in [6, 6.07) is 24.2. The molecule has 34 heavy (non-hydrogen) atoms. The Morgan fingerprint density at radius 3 is 2.15 bits per heavy atom. The number of halogens is 3. The summed E-state index contributed by atoms with van der Waals surface area (Å²) < 4.78 is 38.3. The predicted octanol–water partition coefficient (Wildman–Crippen LogP) is 6.57. The second-order valence-corrected chi connectivity index (χ2v) is 8.09. The minimum atomic E-state index is -4.36. The zero-order valence-electron chi connectivity index (χ0n) is 18.7. The zero-order valence-corrected chi connectivity index (χ0v) is 18.7. The Balaban J connectivity index is 1.43. The van der Waals surface area contributed by atoms with Crippen LogP contribution in [0.1, 0.15) is 34.0 Å². The lowest BCUT2D eigenvalue weighted by atomic mass is 10.0. The first-order valence-electron chi connectivity index (χ1n) is 11.1. The Bertz CT molecular complexity index is 1280. The summed E-state index contributed by atoms with van der Waals surface area (Å²) in [7, 11) is 0. The van der Waals surface area contributed by atoms with Crippen molar-refractivity contribution in [3.63, 3.8) is 0 Å². The van der Waals surface area contributed by atoms with Crippen molar-refractivity contribution in [2.75, 3.05) is 6.54 Å². The molecule has 2 N–H and O–H groups in total. The Labute approximate surface area is 196 Å². The van der Waals surface area contributed by atoms with Crippen LogP contribution in [0.4, 0.5) is 13.2 Å². The van der Waals surface area contributed by atoms with Crippen LogP contribution >= 0.6 is 0 Å². The number of carbonyl (C=O) groups excluding carboxylic acids is 1. The van der Waals surface area contributed by atoms with Crippen LogP contribution in [0.15, 0.2) is 84.9 Å². The molecular formula is C28H25F3N2O. The second kappa shape index (κ2) is 10.1. The standard InChI is InChI=1S/C28H25F3N2O/c1-2-32-17-19-6-15-26-23(16-19)4-3-5-24(26)18-33-27(34)22-9-7-20(8-10-22)21-11-13-25(14-12-21)28(29,30)31/h3-16,32H,2,17-18H2,1H3,(H,33,34). The van der Waals surface area contributed by atoms with Crippen molar-refractivity contribution in [3.05, 3.63) is 107 Å². The highest BCUT2D eigenvalue weighted by molar-refractivity contribution is 5.95. The summed E-state index contributed by atoms with van der Waals surface area (Å²) in [6.45, 7) is 4.19. The van der Waals surface area contributed by atoms with Gasteiger partial charge in [0.2, 0.25) is 0 Å². The quantitative estimate of drug-likeness (QED) is 0.326. The fourth-order valence-corrected chi connectivity index (χ4v) is 3.88. The molecule has 4 rings (SSSR count). The molecule has 0 spiro atoms. The topological polar surface area (TPSA) is 41.1 Å². The number of nitrogens with one attached hydrogen (secondary N) is 2. The Morgan fingerprint density at radius 1 is 0.824 bits per heavy atom. The molecule has 0 aliphatic heterocycles. The maximum atomic E-state index is 12.8. The van der Waals surface area contributed by atoms with E-state index in [9.17, 15) is 18.0 Å². The van der Waals surface area contributed by atoms with Crippen LogP contribution in [-0.4, -0.2) is 12.5 Å². The van der Waals surface area contributed by atoms with Gasteiger partial charge < -0.3 is 10.6 Å². The third-order valence-electron chi connectivity index (χ3n) is 5.75. The number of alkyl halides is 3. The van der Waals surface area contributed by atoms with Crippen molar-refractivity contribution < 1.29 is 18.0 Å². The number of hydrogen-bond acceptors (Lipinski definition) is 2. The van der Waals surface area contributed by atoms with Gasteiger partial charge >= 0.3 is 6.18 Å². The van der Waals surface area contributed by atoms with Crippen molar-refractivity contribution in [2.45, 2.75) is 26.2 Å². The first-order chi connectivity index (χ1) is 16.3. The molecule has 1 amide bonds. The molecule has 0 unspecified atom stereocenters. The number of fused-ring (bicyclic) bond motifs is 1. The average molecular weight is 463 g/mol. The first kappa shape index (κ1) is 23.5. The molecule has 0 atom stereocenters. The van der Waals surface area contributed by atoms with Gasteiger partial charge in [0.05, 0.1) is 5.56 Å². The lowest BCUT2D eigenvalue weighted by Crippen LogP contribution is -2.22. The summed E-state index contributed by atoms with van der Waals surface area (Å²) in [4.78, 5) is 12.7. The highest BCUT2D eigenvalue weighted by Gasteiger charge is 2.29. The summed E-state index contributed by atoms with van der Waals surface area (Å²) in [5.74, 6) is -0.209. The summed E-state index contributed by atoms with van der Waals surface area (Å²) in [5.41, 5.74) is 3.45. The van der Waals surface area contributed by atoms with E-state index in [1.54, 1.807) is 24.3 Å². The molecule has 0 aliphatic carbocycles. The molecule has 174 valence electrons. The lowest BCUT2D eigenvalue weighted by Gasteiger charge is -2.11. The van der Waals surface area contributed by atoms with E-state index in [1.165, 1.54) is 17.7 Å².